The summed E-state index contributed by atoms with van der Waals surface area (Å²) in [6, 6.07) is 12.8. The number of carboxylic acids is 1. The zero-order valence-corrected chi connectivity index (χ0v) is 15.5. The highest BCUT2D eigenvalue weighted by Crippen LogP contribution is 2.40. The zero-order valence-electron chi connectivity index (χ0n) is 14.6. The number of rotatable bonds is 5. The Kier molecular flexibility index (Phi) is 4.54. The lowest BCUT2D eigenvalue weighted by atomic mass is 9.91. The van der Waals surface area contributed by atoms with Crippen molar-refractivity contribution in [3.8, 4) is 0 Å². The Bertz CT molecular complexity index is 966. The number of nitrogens with zero attached hydrogens (tertiary/aromatic N) is 1. The van der Waals surface area contributed by atoms with Crippen LogP contribution < -0.4 is 4.90 Å². The van der Waals surface area contributed by atoms with Gasteiger partial charge in [-0.05, 0) is 49.6 Å². The Morgan fingerprint density at radius 2 is 1.77 bits per heavy atom. The van der Waals surface area contributed by atoms with Gasteiger partial charge in [-0.3, -0.25) is 4.55 Å². The largest absolute Gasteiger partial charge is 0.478 e. The summed E-state index contributed by atoms with van der Waals surface area (Å²) in [5.41, 5.74) is 3.63. The SMILES string of the molecule is CC(C)(CCN1c2ccccc2Cc2c(C(=O)O)cccc21)S(=O)(=O)O. The van der Waals surface area contributed by atoms with Gasteiger partial charge in [0.15, 0.2) is 0 Å². The molecule has 3 rings (SSSR count). The molecule has 0 amide bonds. The van der Waals surface area contributed by atoms with Gasteiger partial charge in [0, 0.05) is 24.3 Å². The van der Waals surface area contributed by atoms with Crippen LogP contribution >= 0.6 is 0 Å². The van der Waals surface area contributed by atoms with E-state index in [0.29, 0.717) is 18.5 Å². The Morgan fingerprint density at radius 1 is 1.12 bits per heavy atom. The summed E-state index contributed by atoms with van der Waals surface area (Å²) in [7, 11) is -4.20. The minimum absolute atomic E-state index is 0.191. The zero-order chi connectivity index (χ0) is 19.1. The first-order valence-corrected chi connectivity index (χ1v) is 9.73. The number of fused-ring (bicyclic) bond motifs is 2. The van der Waals surface area contributed by atoms with Gasteiger partial charge in [-0.2, -0.15) is 8.42 Å². The van der Waals surface area contributed by atoms with E-state index in [1.54, 1.807) is 12.1 Å². The Morgan fingerprint density at radius 3 is 2.42 bits per heavy atom. The molecule has 6 nitrogen and oxygen atoms in total. The van der Waals surface area contributed by atoms with E-state index in [4.69, 9.17) is 0 Å². The van der Waals surface area contributed by atoms with Gasteiger partial charge in [0.2, 0.25) is 0 Å². The van der Waals surface area contributed by atoms with Crippen LogP contribution in [0.1, 0.15) is 41.8 Å². The molecule has 2 aromatic carbocycles. The monoisotopic (exact) mass is 375 g/mol. The van der Waals surface area contributed by atoms with Crippen LogP contribution in [0.25, 0.3) is 0 Å². The fourth-order valence-corrected chi connectivity index (χ4v) is 3.56. The standard InChI is InChI=1S/C19H21NO5S/c1-19(2,26(23,24)25)10-11-20-16-8-4-3-6-13(16)12-15-14(18(21)22)7-5-9-17(15)20/h3-9H,10-12H2,1-2H3,(H,21,22)(H,23,24,25). The Balaban J connectivity index is 2.06. The van der Waals surface area contributed by atoms with E-state index in [2.05, 4.69) is 0 Å². The topological polar surface area (TPSA) is 94.9 Å². The Hall–Kier alpha value is -2.38. The highest BCUT2D eigenvalue weighted by Gasteiger charge is 2.34. The van der Waals surface area contributed by atoms with E-state index in [1.165, 1.54) is 13.8 Å². The normalized spacial score (nSPS) is 13.9. The third-order valence-electron chi connectivity index (χ3n) is 4.96. The van der Waals surface area contributed by atoms with Crippen LogP contribution in [-0.4, -0.2) is 35.3 Å². The predicted octanol–water partition coefficient (Wildman–Crippen LogP) is 3.48. The first-order valence-electron chi connectivity index (χ1n) is 8.29. The number of carboxylic acid groups (broad SMARTS) is 1. The molecule has 138 valence electrons. The van der Waals surface area contributed by atoms with Crippen molar-refractivity contribution < 1.29 is 22.9 Å². The average Bonchev–Trinajstić information content (AvgIpc) is 2.56. The molecular weight excluding hydrogens is 354 g/mol. The first-order chi connectivity index (χ1) is 12.1. The fraction of sp³-hybridized carbons (Fsp3) is 0.316. The van der Waals surface area contributed by atoms with Crippen molar-refractivity contribution in [3.63, 3.8) is 0 Å². The van der Waals surface area contributed by atoms with Gasteiger partial charge >= 0.3 is 5.97 Å². The molecule has 7 heteroatoms. The maximum atomic E-state index is 11.6. The molecule has 0 aromatic heterocycles. The predicted molar refractivity (Wildman–Crippen MR) is 99.9 cm³/mol. The van der Waals surface area contributed by atoms with Crippen LogP contribution in [0.4, 0.5) is 11.4 Å². The second-order valence-electron chi connectivity index (χ2n) is 7.05. The summed E-state index contributed by atoms with van der Waals surface area (Å²) >= 11 is 0. The van der Waals surface area contributed by atoms with Gasteiger partial charge in [0.05, 0.1) is 10.3 Å². The van der Waals surface area contributed by atoms with Gasteiger partial charge in [0.25, 0.3) is 10.1 Å². The van der Waals surface area contributed by atoms with E-state index in [9.17, 15) is 22.9 Å². The summed E-state index contributed by atoms with van der Waals surface area (Å²) in [5, 5.41) is 9.51. The molecule has 0 aliphatic carbocycles. The van der Waals surface area contributed by atoms with Crippen LogP contribution in [0.3, 0.4) is 0 Å². The highest BCUT2D eigenvalue weighted by molar-refractivity contribution is 7.87. The van der Waals surface area contributed by atoms with Crippen molar-refractivity contribution >= 4 is 27.5 Å². The highest BCUT2D eigenvalue weighted by atomic mass is 32.2. The van der Waals surface area contributed by atoms with Crippen LogP contribution in [0.5, 0.6) is 0 Å². The van der Waals surface area contributed by atoms with Gasteiger partial charge < -0.3 is 10.0 Å². The van der Waals surface area contributed by atoms with Crippen LogP contribution in [-0.2, 0) is 16.5 Å². The number of hydrogen-bond acceptors (Lipinski definition) is 4. The molecule has 0 fully saturated rings. The lowest BCUT2D eigenvalue weighted by Gasteiger charge is -2.35. The molecule has 0 unspecified atom stereocenters. The second-order valence-corrected chi connectivity index (χ2v) is 9.11. The minimum Gasteiger partial charge on any atom is -0.478 e. The van der Waals surface area contributed by atoms with Crippen molar-refractivity contribution in [2.75, 3.05) is 11.4 Å². The third-order valence-corrected chi connectivity index (χ3v) is 6.56. The van der Waals surface area contributed by atoms with Crippen LogP contribution in [0.15, 0.2) is 42.5 Å². The summed E-state index contributed by atoms with van der Waals surface area (Å²) in [5.74, 6) is -0.987. The van der Waals surface area contributed by atoms with E-state index in [-0.39, 0.29) is 12.0 Å². The molecular formula is C19H21NO5S. The molecule has 2 N–H and O–H groups in total. The van der Waals surface area contributed by atoms with Crippen molar-refractivity contribution in [2.45, 2.75) is 31.4 Å². The van der Waals surface area contributed by atoms with E-state index in [0.717, 1.165) is 16.9 Å². The number of anilines is 2. The van der Waals surface area contributed by atoms with E-state index >= 15 is 0 Å². The lowest BCUT2D eigenvalue weighted by Crippen LogP contribution is -2.36. The lowest BCUT2D eigenvalue weighted by molar-refractivity contribution is 0.0696. The maximum Gasteiger partial charge on any atom is 0.336 e. The summed E-state index contributed by atoms with van der Waals surface area (Å²) in [6.07, 6.45) is 0.697. The summed E-state index contributed by atoms with van der Waals surface area (Å²) in [4.78, 5) is 13.5. The first kappa shape index (κ1) is 18.4. The Labute approximate surface area is 152 Å². The quantitative estimate of drug-likeness (QED) is 0.777. The summed E-state index contributed by atoms with van der Waals surface area (Å²) in [6.45, 7) is 3.29. The van der Waals surface area contributed by atoms with Gasteiger partial charge in [0.1, 0.15) is 0 Å². The summed E-state index contributed by atoms with van der Waals surface area (Å²) < 4.78 is 31.4. The van der Waals surface area contributed by atoms with Crippen LogP contribution in [0, 0.1) is 0 Å². The second kappa shape index (κ2) is 6.41. The minimum atomic E-state index is -4.20. The fourth-order valence-electron chi connectivity index (χ4n) is 3.21. The molecule has 26 heavy (non-hydrogen) atoms. The molecule has 1 heterocycles. The smallest absolute Gasteiger partial charge is 0.336 e. The molecule has 0 spiro atoms. The molecule has 0 radical (unpaired) electrons. The van der Waals surface area contributed by atoms with Crippen LogP contribution in [0.2, 0.25) is 0 Å². The maximum absolute atomic E-state index is 11.6. The molecule has 0 saturated heterocycles. The average molecular weight is 375 g/mol. The van der Waals surface area contributed by atoms with Gasteiger partial charge in [-0.15, -0.1) is 0 Å². The number of para-hydroxylation sites is 1. The number of hydrogen-bond donors (Lipinski definition) is 2. The number of aromatic carboxylic acids is 1. The van der Waals surface area contributed by atoms with Crippen molar-refractivity contribution in [1.29, 1.82) is 0 Å². The van der Waals surface area contributed by atoms with E-state index in [1.807, 2.05) is 35.2 Å². The molecule has 2 aromatic rings. The van der Waals surface area contributed by atoms with Gasteiger partial charge in [-0.25, -0.2) is 4.79 Å². The number of benzene rings is 2. The van der Waals surface area contributed by atoms with E-state index < -0.39 is 20.8 Å². The number of carbonyl (C=O) groups is 1. The van der Waals surface area contributed by atoms with Crippen molar-refractivity contribution in [3.05, 3.63) is 59.2 Å². The molecule has 1 aliphatic rings. The molecule has 0 bridgehead atoms. The molecule has 0 atom stereocenters. The molecule has 1 aliphatic heterocycles. The van der Waals surface area contributed by atoms with Crippen molar-refractivity contribution in [2.24, 2.45) is 0 Å². The van der Waals surface area contributed by atoms with Crippen molar-refractivity contribution in [1.82, 2.24) is 0 Å². The third kappa shape index (κ3) is 3.20. The molecule has 0 saturated carbocycles. The van der Waals surface area contributed by atoms with Gasteiger partial charge in [-0.1, -0.05) is 24.3 Å².